The largest absolute Gasteiger partial charge is 0.506 e. The maximum Gasteiger partial charge on any atom is 0.303 e. The van der Waals surface area contributed by atoms with Crippen molar-refractivity contribution in [1.29, 1.82) is 0 Å². The van der Waals surface area contributed by atoms with Crippen LogP contribution in [0.4, 0.5) is 5.69 Å². The van der Waals surface area contributed by atoms with Crippen LogP contribution in [0.3, 0.4) is 0 Å². The van der Waals surface area contributed by atoms with Crippen LogP contribution >= 0.6 is 23.2 Å². The number of phenolic OH excluding ortho intramolecular Hbond substituents is 1. The smallest absolute Gasteiger partial charge is 0.303 e. The van der Waals surface area contributed by atoms with E-state index >= 15 is 0 Å². The number of aliphatic hydroxyl groups excluding tert-OH is 1. The number of carbonyl (C=O) groups excluding carboxylic acids is 2. The molecule has 0 radical (unpaired) electrons. The second-order valence-corrected chi connectivity index (χ2v) is 8.28. The van der Waals surface area contributed by atoms with Crippen LogP contribution < -0.4 is 20.7 Å². The Hall–Kier alpha value is -3.54. The maximum atomic E-state index is 12.5. The van der Waals surface area contributed by atoms with Crippen molar-refractivity contribution in [2.24, 2.45) is 4.99 Å². The molecule has 1 atom stereocenters. The molecule has 0 saturated heterocycles. The summed E-state index contributed by atoms with van der Waals surface area (Å²) < 4.78 is 5.56. The van der Waals surface area contributed by atoms with Gasteiger partial charge in [-0.15, -0.1) is 0 Å². The average molecular weight is 525 g/mol. The van der Waals surface area contributed by atoms with Gasteiger partial charge in [-0.05, 0) is 36.2 Å². The molecule has 186 valence electrons. The van der Waals surface area contributed by atoms with E-state index in [1.54, 1.807) is 12.1 Å². The summed E-state index contributed by atoms with van der Waals surface area (Å²) in [5.41, 5.74) is 0.384. The van der Waals surface area contributed by atoms with Gasteiger partial charge in [-0.3, -0.25) is 14.4 Å². The quantitative estimate of drug-likeness (QED) is 0.303. The van der Waals surface area contributed by atoms with E-state index in [0.717, 1.165) is 0 Å². The van der Waals surface area contributed by atoms with Gasteiger partial charge in [-0.2, -0.15) is 0 Å². The SMILES string of the molecule is O=C(O)CCc1cc(Cl)c(NC(=O)CNC(=O)c2cccc(OC3=NCC(O)CN3)c2)c(Cl)c1O. The van der Waals surface area contributed by atoms with Gasteiger partial charge in [0.25, 0.3) is 11.9 Å². The maximum absolute atomic E-state index is 12.5. The van der Waals surface area contributed by atoms with Gasteiger partial charge < -0.3 is 36.0 Å². The predicted octanol–water partition coefficient (Wildman–Crippen LogP) is 1.78. The molecule has 6 N–H and O–H groups in total. The summed E-state index contributed by atoms with van der Waals surface area (Å²) >= 11 is 12.2. The molecule has 0 spiro atoms. The molecule has 2 aromatic rings. The highest BCUT2D eigenvalue weighted by molar-refractivity contribution is 6.40. The van der Waals surface area contributed by atoms with E-state index < -0.39 is 30.4 Å². The minimum atomic E-state index is -1.05. The van der Waals surface area contributed by atoms with Crippen LogP contribution in [0.5, 0.6) is 11.5 Å². The third kappa shape index (κ3) is 7.22. The second-order valence-electron chi connectivity index (χ2n) is 7.49. The zero-order chi connectivity index (χ0) is 25.5. The lowest BCUT2D eigenvalue weighted by Crippen LogP contribution is -2.41. The topological polar surface area (TPSA) is 170 Å². The number of carboxylic acid groups (broad SMARTS) is 1. The number of rotatable bonds is 8. The number of aliphatic hydroxyl groups is 1. The summed E-state index contributed by atoms with van der Waals surface area (Å²) in [6.45, 7) is 0.0732. The van der Waals surface area contributed by atoms with Gasteiger partial charge in [0.1, 0.15) is 16.5 Å². The highest BCUT2D eigenvalue weighted by atomic mass is 35.5. The van der Waals surface area contributed by atoms with E-state index in [4.69, 9.17) is 33.0 Å². The molecule has 0 fully saturated rings. The Morgan fingerprint density at radius 1 is 1.23 bits per heavy atom. The molecule has 1 aliphatic rings. The number of hydrogen-bond acceptors (Lipinski definition) is 8. The third-order valence-electron chi connectivity index (χ3n) is 4.80. The van der Waals surface area contributed by atoms with Crippen LogP contribution in [0.1, 0.15) is 22.3 Å². The molecule has 0 aromatic heterocycles. The van der Waals surface area contributed by atoms with Crippen LogP contribution in [-0.2, 0) is 16.0 Å². The Bertz CT molecular complexity index is 1170. The van der Waals surface area contributed by atoms with E-state index in [-0.39, 0.29) is 58.0 Å². The lowest BCUT2D eigenvalue weighted by atomic mass is 10.1. The first-order valence-corrected chi connectivity index (χ1v) is 11.1. The number of halogens is 2. The van der Waals surface area contributed by atoms with E-state index in [1.807, 2.05) is 0 Å². The van der Waals surface area contributed by atoms with Crippen molar-refractivity contribution in [1.82, 2.24) is 10.6 Å². The van der Waals surface area contributed by atoms with Crippen molar-refractivity contribution < 1.29 is 34.4 Å². The first kappa shape index (κ1) is 26.1. The monoisotopic (exact) mass is 524 g/mol. The molecule has 35 heavy (non-hydrogen) atoms. The van der Waals surface area contributed by atoms with Crippen molar-refractivity contribution in [3.8, 4) is 11.5 Å². The summed E-state index contributed by atoms with van der Waals surface area (Å²) in [7, 11) is 0. The van der Waals surface area contributed by atoms with Gasteiger partial charge in [-0.25, -0.2) is 4.99 Å². The number of ether oxygens (including phenoxy) is 1. The normalized spacial score (nSPS) is 14.9. The highest BCUT2D eigenvalue weighted by Gasteiger charge is 2.19. The van der Waals surface area contributed by atoms with E-state index in [0.29, 0.717) is 12.3 Å². The molecule has 1 aliphatic heterocycles. The zero-order valence-electron chi connectivity index (χ0n) is 18.2. The number of nitrogens with one attached hydrogen (secondary N) is 3. The molecular formula is C22H22Cl2N4O7. The molecule has 11 nitrogen and oxygen atoms in total. The molecule has 3 rings (SSSR count). The number of amidine groups is 1. The molecule has 13 heteroatoms. The number of hydrogen-bond donors (Lipinski definition) is 6. The number of aryl methyl sites for hydroxylation is 1. The standard InChI is InChI=1S/C22H22Cl2N4O7/c23-15-7-11(4-5-17(31)32)20(33)18(24)19(15)28-16(30)10-25-21(34)12-2-1-3-14(6-12)35-22-26-8-13(29)9-27-22/h1-3,6-7,13,29,33H,4-5,8-10H2,(H,25,34)(H,26,27)(H,28,30)(H,31,32). The van der Waals surface area contributed by atoms with Gasteiger partial charge in [-0.1, -0.05) is 29.3 Å². The van der Waals surface area contributed by atoms with Gasteiger partial charge in [0.05, 0.1) is 29.9 Å². The van der Waals surface area contributed by atoms with Gasteiger partial charge in [0, 0.05) is 18.5 Å². The average Bonchev–Trinajstić information content (AvgIpc) is 2.83. The number of anilines is 1. The van der Waals surface area contributed by atoms with Gasteiger partial charge in [0.15, 0.2) is 0 Å². The molecule has 0 aliphatic carbocycles. The third-order valence-corrected chi connectivity index (χ3v) is 5.46. The Labute approximate surface area is 209 Å². The van der Waals surface area contributed by atoms with E-state index in [2.05, 4.69) is 20.9 Å². The Balaban J connectivity index is 1.58. The predicted molar refractivity (Wildman–Crippen MR) is 128 cm³/mol. The number of nitrogens with zero attached hydrogens (tertiary/aromatic N) is 1. The van der Waals surface area contributed by atoms with Gasteiger partial charge in [0.2, 0.25) is 5.91 Å². The van der Waals surface area contributed by atoms with Crippen molar-refractivity contribution in [3.63, 3.8) is 0 Å². The molecule has 0 bridgehead atoms. The number of carbonyl (C=O) groups is 3. The van der Waals surface area contributed by atoms with E-state index in [9.17, 15) is 24.6 Å². The molecule has 1 unspecified atom stereocenters. The minimum Gasteiger partial charge on any atom is -0.506 e. The highest BCUT2D eigenvalue weighted by Crippen LogP contribution is 2.40. The van der Waals surface area contributed by atoms with Crippen molar-refractivity contribution in [3.05, 3.63) is 51.5 Å². The first-order chi connectivity index (χ1) is 16.6. The second kappa shape index (κ2) is 11.7. The zero-order valence-corrected chi connectivity index (χ0v) is 19.7. The number of aliphatic carboxylic acids is 1. The Kier molecular flexibility index (Phi) is 8.74. The fourth-order valence-corrected chi connectivity index (χ4v) is 3.64. The summed E-state index contributed by atoms with van der Waals surface area (Å²) in [5, 5.41) is 35.9. The fourth-order valence-electron chi connectivity index (χ4n) is 3.05. The summed E-state index contributed by atoms with van der Waals surface area (Å²) in [4.78, 5) is 39.6. The van der Waals surface area contributed by atoms with Crippen LogP contribution in [0.25, 0.3) is 0 Å². The first-order valence-electron chi connectivity index (χ1n) is 10.4. The van der Waals surface area contributed by atoms with Gasteiger partial charge >= 0.3 is 5.97 Å². The van der Waals surface area contributed by atoms with E-state index in [1.165, 1.54) is 18.2 Å². The van der Waals surface area contributed by atoms with Crippen molar-refractivity contribution >= 4 is 52.7 Å². The van der Waals surface area contributed by atoms with Crippen molar-refractivity contribution in [2.75, 3.05) is 25.0 Å². The number of phenols is 1. The molecule has 2 amide bonds. The molecule has 1 heterocycles. The molecule has 0 saturated carbocycles. The number of β-amino-alcohol motifs (C(OH)–C–C–N with tert-alkyl or cyclic N) is 1. The van der Waals surface area contributed by atoms with Crippen LogP contribution in [0.2, 0.25) is 10.0 Å². The number of carboxylic acids is 1. The fraction of sp³-hybridized carbons (Fsp3) is 0.273. The molecule has 2 aromatic carbocycles. The summed E-state index contributed by atoms with van der Waals surface area (Å²) in [6, 6.07) is 7.74. The number of aliphatic imine (C=N–C) groups is 1. The van der Waals surface area contributed by atoms with Crippen molar-refractivity contribution in [2.45, 2.75) is 18.9 Å². The Morgan fingerprint density at radius 2 is 2.00 bits per heavy atom. The Morgan fingerprint density at radius 3 is 2.69 bits per heavy atom. The lowest BCUT2D eigenvalue weighted by Gasteiger charge is -2.18. The number of amides is 2. The lowest BCUT2D eigenvalue weighted by molar-refractivity contribution is -0.137. The van der Waals surface area contributed by atoms with Crippen LogP contribution in [0.15, 0.2) is 35.3 Å². The summed E-state index contributed by atoms with van der Waals surface area (Å²) in [5.74, 6) is -2.32. The molecular weight excluding hydrogens is 503 g/mol. The number of aromatic hydroxyl groups is 1. The van der Waals surface area contributed by atoms with Crippen LogP contribution in [-0.4, -0.2) is 64.9 Å². The van der Waals surface area contributed by atoms with Crippen LogP contribution in [0, 0.1) is 0 Å². The minimum absolute atomic E-state index is 0.000961. The summed E-state index contributed by atoms with van der Waals surface area (Å²) in [6.07, 6.45) is -0.828. The number of benzene rings is 2.